The number of hydrogen-bond donors (Lipinski definition) is 0. The summed E-state index contributed by atoms with van der Waals surface area (Å²) in [5, 5.41) is 0. The molecule has 0 unspecified atom stereocenters. The summed E-state index contributed by atoms with van der Waals surface area (Å²) in [4.78, 5) is 19.4. The molecule has 0 spiro atoms. The zero-order valence-corrected chi connectivity index (χ0v) is 15.0. The van der Waals surface area contributed by atoms with Crippen LogP contribution in [0.3, 0.4) is 0 Å². The van der Waals surface area contributed by atoms with Crippen LogP contribution in [0.25, 0.3) is 5.65 Å². The van der Waals surface area contributed by atoms with Crippen LogP contribution in [0.4, 0.5) is 0 Å². The molecule has 2 saturated carbocycles. The molecule has 0 radical (unpaired) electrons. The average molecular weight is 349 g/mol. The predicted molar refractivity (Wildman–Crippen MR) is 99.0 cm³/mol. The fourth-order valence-corrected chi connectivity index (χ4v) is 3.74. The van der Waals surface area contributed by atoms with Gasteiger partial charge in [0.1, 0.15) is 17.2 Å². The number of fused-ring (bicyclic) bond motifs is 1. The minimum Gasteiger partial charge on any atom is -0.464 e. The third-order valence-corrected chi connectivity index (χ3v) is 5.57. The third kappa shape index (κ3) is 3.07. The monoisotopic (exact) mass is 349 g/mol. The zero-order valence-electron chi connectivity index (χ0n) is 15.0. The van der Waals surface area contributed by atoms with Crippen LogP contribution >= 0.6 is 0 Å². The first kappa shape index (κ1) is 15.8. The molecule has 5 rings (SSSR count). The van der Waals surface area contributed by atoms with E-state index in [1.807, 2.05) is 18.2 Å². The highest BCUT2D eigenvalue weighted by Crippen LogP contribution is 2.47. The van der Waals surface area contributed by atoms with Crippen LogP contribution < -0.4 is 5.56 Å². The quantitative estimate of drug-likeness (QED) is 0.683. The molecule has 2 atom stereocenters. The summed E-state index contributed by atoms with van der Waals surface area (Å²) in [5.41, 5.74) is 1.51. The van der Waals surface area contributed by atoms with Crippen molar-refractivity contribution in [3.8, 4) is 0 Å². The van der Waals surface area contributed by atoms with E-state index >= 15 is 0 Å². The van der Waals surface area contributed by atoms with Crippen molar-refractivity contribution < 1.29 is 4.42 Å². The van der Waals surface area contributed by atoms with Crippen LogP contribution in [0.2, 0.25) is 0 Å². The van der Waals surface area contributed by atoms with Gasteiger partial charge in [0.2, 0.25) is 0 Å². The summed E-state index contributed by atoms with van der Waals surface area (Å²) < 4.78 is 7.67. The first-order chi connectivity index (χ1) is 12.7. The summed E-state index contributed by atoms with van der Waals surface area (Å²) in [7, 11) is 0. The van der Waals surface area contributed by atoms with Gasteiger partial charge in [-0.2, -0.15) is 0 Å². The van der Waals surface area contributed by atoms with Crippen molar-refractivity contribution in [2.24, 2.45) is 5.92 Å². The van der Waals surface area contributed by atoms with Crippen molar-refractivity contribution in [1.82, 2.24) is 14.3 Å². The van der Waals surface area contributed by atoms with Gasteiger partial charge in [-0.1, -0.05) is 13.0 Å². The molecule has 5 heteroatoms. The lowest BCUT2D eigenvalue weighted by molar-refractivity contribution is 0.220. The highest BCUT2D eigenvalue weighted by atomic mass is 16.3. The van der Waals surface area contributed by atoms with Crippen molar-refractivity contribution in [2.75, 3.05) is 0 Å². The van der Waals surface area contributed by atoms with Gasteiger partial charge in [-0.25, -0.2) is 4.98 Å². The molecule has 3 aromatic heterocycles. The number of pyridine rings is 1. The molecule has 5 nitrogen and oxygen atoms in total. The van der Waals surface area contributed by atoms with Gasteiger partial charge >= 0.3 is 0 Å². The predicted octanol–water partition coefficient (Wildman–Crippen LogP) is 3.58. The van der Waals surface area contributed by atoms with Gasteiger partial charge in [-0.3, -0.25) is 14.1 Å². The first-order valence-electron chi connectivity index (χ1n) is 9.47. The standard InChI is InChI=1S/C21H23N3O2/c1-14-10-18(14)19-8-7-17(26-19)13-23(16-5-6-16)12-15-11-21(25)24-9-3-2-4-20(24)22-15/h2-4,7-9,11,14,16,18H,5-6,10,12-13H2,1H3/t14-,18+/m1/s1. The molecule has 2 fully saturated rings. The minimum atomic E-state index is -0.0237. The highest BCUT2D eigenvalue weighted by Gasteiger charge is 2.37. The van der Waals surface area contributed by atoms with Crippen molar-refractivity contribution in [3.63, 3.8) is 0 Å². The van der Waals surface area contributed by atoms with E-state index in [-0.39, 0.29) is 5.56 Å². The maximum Gasteiger partial charge on any atom is 0.258 e. The lowest BCUT2D eigenvalue weighted by atomic mass is 10.2. The Morgan fingerprint density at radius 3 is 2.85 bits per heavy atom. The zero-order chi connectivity index (χ0) is 17.7. The average Bonchev–Trinajstić information content (AvgIpc) is 3.55. The van der Waals surface area contributed by atoms with E-state index in [4.69, 9.17) is 4.42 Å². The van der Waals surface area contributed by atoms with E-state index in [2.05, 4.69) is 28.9 Å². The Hall–Kier alpha value is -2.40. The number of furan rings is 1. The Morgan fingerprint density at radius 2 is 2.08 bits per heavy atom. The van der Waals surface area contributed by atoms with Gasteiger partial charge in [0.05, 0.1) is 12.2 Å². The van der Waals surface area contributed by atoms with Gasteiger partial charge in [-0.15, -0.1) is 0 Å². The van der Waals surface area contributed by atoms with Crippen LogP contribution in [0.15, 0.2) is 51.8 Å². The fraction of sp³-hybridized carbons (Fsp3) is 0.429. The van der Waals surface area contributed by atoms with Crippen molar-refractivity contribution in [3.05, 3.63) is 70.2 Å². The first-order valence-corrected chi connectivity index (χ1v) is 9.47. The van der Waals surface area contributed by atoms with Crippen LogP contribution in [-0.4, -0.2) is 20.3 Å². The molecule has 0 bridgehead atoms. The second-order valence-corrected chi connectivity index (χ2v) is 7.77. The summed E-state index contributed by atoms with van der Waals surface area (Å²) >= 11 is 0. The smallest absolute Gasteiger partial charge is 0.258 e. The molecule has 0 aliphatic heterocycles. The Labute approximate surface area is 152 Å². The number of rotatable bonds is 6. The van der Waals surface area contributed by atoms with Crippen LogP contribution in [0.1, 0.15) is 49.3 Å². The molecule has 3 aromatic rings. The normalized spacial score (nSPS) is 22.2. The van der Waals surface area contributed by atoms with Gasteiger partial charge in [0.25, 0.3) is 5.56 Å². The molecule has 2 aliphatic carbocycles. The lowest BCUT2D eigenvalue weighted by Gasteiger charge is -2.20. The van der Waals surface area contributed by atoms with Crippen LogP contribution in [0, 0.1) is 5.92 Å². The Balaban J connectivity index is 1.36. The second kappa shape index (κ2) is 6.09. The summed E-state index contributed by atoms with van der Waals surface area (Å²) in [6.07, 6.45) is 5.42. The molecule has 0 saturated heterocycles. The van der Waals surface area contributed by atoms with Gasteiger partial charge in [0.15, 0.2) is 0 Å². The Kier molecular flexibility index (Phi) is 3.71. The lowest BCUT2D eigenvalue weighted by Crippen LogP contribution is -2.27. The van der Waals surface area contributed by atoms with E-state index in [0.717, 1.165) is 29.7 Å². The SMILES string of the molecule is C[C@@H]1C[C@@H]1c1ccc(CN(Cc2cc(=O)n3ccccc3n2)C2CC2)o1. The summed E-state index contributed by atoms with van der Waals surface area (Å²) in [6.45, 7) is 3.73. The Morgan fingerprint density at radius 1 is 1.23 bits per heavy atom. The van der Waals surface area contributed by atoms with E-state index in [1.165, 1.54) is 19.3 Å². The van der Waals surface area contributed by atoms with Gasteiger partial charge in [-0.05, 0) is 49.4 Å². The Bertz CT molecular complexity index is 1000. The van der Waals surface area contributed by atoms with Gasteiger partial charge in [0, 0.05) is 30.8 Å². The highest BCUT2D eigenvalue weighted by molar-refractivity contribution is 5.38. The minimum absolute atomic E-state index is 0.0237. The maximum atomic E-state index is 12.3. The third-order valence-electron chi connectivity index (χ3n) is 5.57. The largest absolute Gasteiger partial charge is 0.464 e. The second-order valence-electron chi connectivity index (χ2n) is 7.77. The number of hydrogen-bond acceptors (Lipinski definition) is 4. The molecular weight excluding hydrogens is 326 g/mol. The van der Waals surface area contributed by atoms with Crippen molar-refractivity contribution in [2.45, 2.75) is 51.2 Å². The van der Waals surface area contributed by atoms with Crippen LogP contribution in [0.5, 0.6) is 0 Å². The van der Waals surface area contributed by atoms with Crippen molar-refractivity contribution in [1.29, 1.82) is 0 Å². The van der Waals surface area contributed by atoms with Gasteiger partial charge < -0.3 is 4.42 Å². The molecule has 0 aromatic carbocycles. The molecule has 0 N–H and O–H groups in total. The fourth-order valence-electron chi connectivity index (χ4n) is 3.74. The van der Waals surface area contributed by atoms with E-state index in [1.54, 1.807) is 16.7 Å². The summed E-state index contributed by atoms with van der Waals surface area (Å²) in [6, 6.07) is 12.1. The van der Waals surface area contributed by atoms with Crippen molar-refractivity contribution >= 4 is 5.65 Å². The van der Waals surface area contributed by atoms with E-state index in [0.29, 0.717) is 24.2 Å². The molecule has 134 valence electrons. The van der Waals surface area contributed by atoms with E-state index in [9.17, 15) is 4.79 Å². The molecule has 2 aliphatic rings. The number of nitrogens with zero attached hydrogens (tertiary/aromatic N) is 3. The van der Waals surface area contributed by atoms with Crippen LogP contribution in [-0.2, 0) is 13.1 Å². The summed E-state index contributed by atoms with van der Waals surface area (Å²) in [5.74, 6) is 3.51. The van der Waals surface area contributed by atoms with E-state index < -0.39 is 0 Å². The molecular formula is C21H23N3O2. The topological polar surface area (TPSA) is 50.8 Å². The number of aromatic nitrogens is 2. The molecule has 3 heterocycles. The maximum absolute atomic E-state index is 12.3. The molecule has 26 heavy (non-hydrogen) atoms. The molecule has 0 amide bonds.